The minimum absolute atomic E-state index is 0.118. The first-order chi connectivity index (χ1) is 13.2. The van der Waals surface area contributed by atoms with Gasteiger partial charge < -0.3 is 5.32 Å². The molecule has 0 saturated heterocycles. The lowest BCUT2D eigenvalue weighted by Gasteiger charge is -2.23. The summed E-state index contributed by atoms with van der Waals surface area (Å²) >= 11 is 1.87. The highest BCUT2D eigenvalue weighted by molar-refractivity contribution is 8.07. The van der Waals surface area contributed by atoms with E-state index in [0.717, 1.165) is 18.7 Å². The van der Waals surface area contributed by atoms with Crippen LogP contribution in [0.4, 0.5) is 0 Å². The van der Waals surface area contributed by atoms with Crippen molar-refractivity contribution in [1.29, 1.82) is 0 Å². The minimum Gasteiger partial charge on any atom is -0.346 e. The van der Waals surface area contributed by atoms with E-state index in [1.54, 1.807) is 0 Å². The zero-order valence-electron chi connectivity index (χ0n) is 15.8. The molecule has 2 aliphatic heterocycles. The Morgan fingerprint density at radius 2 is 1.81 bits per heavy atom. The Labute approximate surface area is 165 Å². The summed E-state index contributed by atoms with van der Waals surface area (Å²) in [6.45, 7) is 4.33. The van der Waals surface area contributed by atoms with Gasteiger partial charge in [-0.15, -0.1) is 0 Å². The number of nitrogens with one attached hydrogen (secondary N) is 1. The lowest BCUT2D eigenvalue weighted by atomic mass is 10.0. The number of benzene rings is 2. The molecule has 0 fully saturated rings. The molecule has 0 saturated carbocycles. The summed E-state index contributed by atoms with van der Waals surface area (Å²) in [6, 6.07) is 21.3. The van der Waals surface area contributed by atoms with Crippen LogP contribution < -0.4 is 5.32 Å². The molecule has 0 amide bonds. The summed E-state index contributed by atoms with van der Waals surface area (Å²) < 4.78 is 0. The molecule has 3 heteroatoms. The molecule has 136 valence electrons. The van der Waals surface area contributed by atoms with Gasteiger partial charge in [0.05, 0.1) is 0 Å². The Hall–Kier alpha value is -2.52. The summed E-state index contributed by atoms with van der Waals surface area (Å²) in [4.78, 5) is 7.69. The predicted octanol–water partition coefficient (Wildman–Crippen LogP) is 6.48. The molecule has 0 aromatic heterocycles. The van der Waals surface area contributed by atoms with Crippen molar-refractivity contribution in [2.24, 2.45) is 4.99 Å². The van der Waals surface area contributed by atoms with E-state index in [4.69, 9.17) is 4.99 Å². The van der Waals surface area contributed by atoms with Gasteiger partial charge in [0.15, 0.2) is 0 Å². The van der Waals surface area contributed by atoms with Crippen LogP contribution in [-0.2, 0) is 0 Å². The predicted molar refractivity (Wildman–Crippen MR) is 117 cm³/mol. The van der Waals surface area contributed by atoms with Crippen LogP contribution in [0.5, 0.6) is 0 Å². The number of hydrogen-bond donors (Lipinski definition) is 1. The zero-order valence-corrected chi connectivity index (χ0v) is 16.6. The molecule has 0 aliphatic carbocycles. The normalized spacial score (nSPS) is 21.1. The number of hydrogen-bond acceptors (Lipinski definition) is 3. The Kier molecular flexibility index (Phi) is 5.30. The maximum atomic E-state index is 4.97. The van der Waals surface area contributed by atoms with Crippen molar-refractivity contribution in [2.75, 3.05) is 0 Å². The molecule has 2 heterocycles. The Balaban J connectivity index is 1.58. The summed E-state index contributed by atoms with van der Waals surface area (Å²) in [6.07, 6.45) is 6.38. The van der Waals surface area contributed by atoms with Gasteiger partial charge in [-0.3, -0.25) is 4.99 Å². The fraction of sp³-hybridized carbons (Fsp3) is 0.208. The van der Waals surface area contributed by atoms with Crippen LogP contribution in [0.1, 0.15) is 43.9 Å². The highest BCUT2D eigenvalue weighted by Gasteiger charge is 2.31. The molecular formula is C24H24N2S. The molecule has 2 aromatic carbocycles. The highest BCUT2D eigenvalue weighted by Crippen LogP contribution is 2.49. The first kappa shape index (κ1) is 17.9. The number of aliphatic imine (C=N–C) groups is 1. The van der Waals surface area contributed by atoms with Gasteiger partial charge in [0, 0.05) is 23.4 Å². The molecule has 2 aromatic rings. The Morgan fingerprint density at radius 3 is 2.52 bits per heavy atom. The van der Waals surface area contributed by atoms with Gasteiger partial charge >= 0.3 is 0 Å². The zero-order chi connectivity index (χ0) is 18.6. The number of thioether (sulfide) groups is 1. The third-order valence-corrected chi connectivity index (χ3v) is 6.15. The van der Waals surface area contributed by atoms with Crippen LogP contribution in [-0.4, -0.2) is 5.84 Å². The third-order valence-electron chi connectivity index (χ3n) is 4.92. The number of amidine groups is 1. The topological polar surface area (TPSA) is 24.4 Å². The van der Waals surface area contributed by atoms with Crippen LogP contribution in [0.2, 0.25) is 0 Å². The van der Waals surface area contributed by atoms with Crippen molar-refractivity contribution in [1.82, 2.24) is 5.32 Å². The van der Waals surface area contributed by atoms with Crippen molar-refractivity contribution in [2.45, 2.75) is 32.7 Å². The largest absolute Gasteiger partial charge is 0.346 e. The van der Waals surface area contributed by atoms with E-state index in [1.165, 1.54) is 32.2 Å². The van der Waals surface area contributed by atoms with Crippen molar-refractivity contribution >= 4 is 23.2 Å². The standard InChI is InChI=1S/C24H24N2S/c1-3-22-25-21-16-20(15-14-17(2)18-10-6-4-7-11-18)27-24(21)23(26-22)19-12-8-5-9-13-19/h4-15,23H,3,16H2,1-2H3,(H,25,26)/b17-14+,20-15+. The first-order valence-corrected chi connectivity index (χ1v) is 10.3. The van der Waals surface area contributed by atoms with E-state index in [1.807, 2.05) is 11.8 Å². The van der Waals surface area contributed by atoms with Gasteiger partial charge in [-0.2, -0.15) is 0 Å². The maximum Gasteiger partial charge on any atom is 0.110 e. The van der Waals surface area contributed by atoms with Gasteiger partial charge in [0.25, 0.3) is 0 Å². The van der Waals surface area contributed by atoms with Crippen molar-refractivity contribution < 1.29 is 0 Å². The van der Waals surface area contributed by atoms with Gasteiger partial charge in [0.1, 0.15) is 11.9 Å². The molecule has 4 rings (SSSR count). The molecule has 27 heavy (non-hydrogen) atoms. The minimum atomic E-state index is 0.118. The first-order valence-electron chi connectivity index (χ1n) is 9.47. The highest BCUT2D eigenvalue weighted by atomic mass is 32.2. The van der Waals surface area contributed by atoms with E-state index >= 15 is 0 Å². The SMILES string of the molecule is CCC1=NC(c2ccccc2)C2=C(C/C(=C\C=C(/C)c3ccccc3)S2)N1. The van der Waals surface area contributed by atoms with Crippen molar-refractivity contribution in [3.63, 3.8) is 0 Å². The maximum absolute atomic E-state index is 4.97. The average Bonchev–Trinajstić information content (AvgIpc) is 3.15. The lowest BCUT2D eigenvalue weighted by molar-refractivity contribution is 0.808. The van der Waals surface area contributed by atoms with Gasteiger partial charge in [-0.25, -0.2) is 0 Å². The van der Waals surface area contributed by atoms with Crippen LogP contribution in [0.15, 0.2) is 93.3 Å². The molecular weight excluding hydrogens is 348 g/mol. The summed E-state index contributed by atoms with van der Waals surface area (Å²) in [5.41, 5.74) is 5.14. The molecule has 1 N–H and O–H groups in total. The van der Waals surface area contributed by atoms with E-state index in [2.05, 4.69) is 92.0 Å². The average molecular weight is 373 g/mol. The van der Waals surface area contributed by atoms with Gasteiger partial charge in [0.2, 0.25) is 0 Å². The second-order valence-corrected chi connectivity index (χ2v) is 8.01. The van der Waals surface area contributed by atoms with Gasteiger partial charge in [-0.1, -0.05) is 91.5 Å². The van der Waals surface area contributed by atoms with Crippen LogP contribution in [0, 0.1) is 0 Å². The second kappa shape index (κ2) is 8.01. The summed E-state index contributed by atoms with van der Waals surface area (Å²) in [5, 5.41) is 3.56. The monoisotopic (exact) mass is 372 g/mol. The van der Waals surface area contributed by atoms with Crippen LogP contribution >= 0.6 is 11.8 Å². The molecule has 0 radical (unpaired) electrons. The quantitative estimate of drug-likeness (QED) is 0.664. The van der Waals surface area contributed by atoms with E-state index in [0.29, 0.717) is 0 Å². The third kappa shape index (κ3) is 3.93. The van der Waals surface area contributed by atoms with Crippen LogP contribution in [0.25, 0.3) is 5.57 Å². The fourth-order valence-corrected chi connectivity index (χ4v) is 4.58. The molecule has 2 nitrogen and oxygen atoms in total. The summed E-state index contributed by atoms with van der Waals surface area (Å²) in [5.74, 6) is 1.08. The number of nitrogens with zero attached hydrogens (tertiary/aromatic N) is 1. The van der Waals surface area contributed by atoms with E-state index in [9.17, 15) is 0 Å². The number of allylic oxidation sites excluding steroid dienone is 4. The fourth-order valence-electron chi connectivity index (χ4n) is 3.40. The smallest absolute Gasteiger partial charge is 0.110 e. The second-order valence-electron chi connectivity index (χ2n) is 6.84. The molecule has 1 unspecified atom stereocenters. The lowest BCUT2D eigenvalue weighted by Crippen LogP contribution is -2.27. The number of rotatable bonds is 4. The van der Waals surface area contributed by atoms with Crippen molar-refractivity contribution in [3.8, 4) is 0 Å². The van der Waals surface area contributed by atoms with E-state index < -0.39 is 0 Å². The van der Waals surface area contributed by atoms with Crippen LogP contribution in [0.3, 0.4) is 0 Å². The van der Waals surface area contributed by atoms with E-state index in [-0.39, 0.29) is 6.04 Å². The summed E-state index contributed by atoms with van der Waals surface area (Å²) in [7, 11) is 0. The van der Waals surface area contributed by atoms with Crippen molar-refractivity contribution in [3.05, 3.63) is 99.4 Å². The molecule has 2 aliphatic rings. The Bertz CT molecular complexity index is 937. The molecule has 0 spiro atoms. The molecule has 0 bridgehead atoms. The Morgan fingerprint density at radius 1 is 1.11 bits per heavy atom. The van der Waals surface area contributed by atoms with Gasteiger partial charge in [-0.05, 0) is 28.5 Å². The molecule has 1 atom stereocenters.